The van der Waals surface area contributed by atoms with Crippen LogP contribution in [0.15, 0.2) is 48.9 Å². The SMILES string of the molecule is Cc1nc2cc(Oc3ccc4ncc(-c5cnn(CC6CC(F)(F)C6)c5)nc4c3Cl)ccc2n1COC(C)[Si](C)(C)C. The van der Waals surface area contributed by atoms with E-state index >= 15 is 0 Å². The number of rotatable bonds is 9. The Labute approximate surface area is 248 Å². The molecule has 1 aliphatic rings. The molecule has 5 aromatic rings. The molecule has 8 nitrogen and oxygen atoms in total. The van der Waals surface area contributed by atoms with Crippen LogP contribution < -0.4 is 4.74 Å². The summed E-state index contributed by atoms with van der Waals surface area (Å²) in [7, 11) is -1.41. The van der Waals surface area contributed by atoms with Crippen LogP contribution in [0, 0.1) is 12.8 Å². The fourth-order valence-electron chi connectivity index (χ4n) is 5.04. The zero-order chi connectivity index (χ0) is 29.8. The Bertz CT molecular complexity index is 1780. The van der Waals surface area contributed by atoms with Crippen LogP contribution in [0.25, 0.3) is 33.3 Å². The molecule has 0 radical (unpaired) electrons. The van der Waals surface area contributed by atoms with E-state index in [1.54, 1.807) is 29.3 Å². The summed E-state index contributed by atoms with van der Waals surface area (Å²) in [6.07, 6.45) is 4.91. The van der Waals surface area contributed by atoms with Gasteiger partial charge >= 0.3 is 0 Å². The van der Waals surface area contributed by atoms with E-state index in [9.17, 15) is 8.78 Å². The molecule has 220 valence electrons. The van der Waals surface area contributed by atoms with Gasteiger partial charge in [-0.15, -0.1) is 0 Å². The molecule has 1 fully saturated rings. The highest BCUT2D eigenvalue weighted by Crippen LogP contribution is 2.43. The molecule has 6 rings (SSSR count). The first-order valence-electron chi connectivity index (χ1n) is 14.0. The van der Waals surface area contributed by atoms with Gasteiger partial charge in [0.15, 0.2) is 0 Å². The molecule has 0 aliphatic heterocycles. The van der Waals surface area contributed by atoms with Crippen LogP contribution in [0.5, 0.6) is 11.5 Å². The summed E-state index contributed by atoms with van der Waals surface area (Å²) in [5, 5.41) is 4.67. The summed E-state index contributed by atoms with van der Waals surface area (Å²) in [5.74, 6) is -0.718. The predicted octanol–water partition coefficient (Wildman–Crippen LogP) is 7.88. The van der Waals surface area contributed by atoms with Gasteiger partial charge in [0.2, 0.25) is 5.92 Å². The van der Waals surface area contributed by atoms with Crippen molar-refractivity contribution in [2.24, 2.45) is 5.92 Å². The number of nitrogens with zero attached hydrogens (tertiary/aromatic N) is 6. The average molecular weight is 611 g/mol. The molecule has 0 saturated heterocycles. The van der Waals surface area contributed by atoms with Gasteiger partial charge in [-0.25, -0.2) is 18.7 Å². The third kappa shape index (κ3) is 5.77. The van der Waals surface area contributed by atoms with Crippen molar-refractivity contribution in [3.8, 4) is 22.8 Å². The molecule has 1 atom stereocenters. The Morgan fingerprint density at radius 3 is 2.62 bits per heavy atom. The molecular weight excluding hydrogens is 578 g/mol. The van der Waals surface area contributed by atoms with E-state index < -0.39 is 14.0 Å². The first-order valence-corrected chi connectivity index (χ1v) is 17.9. The summed E-state index contributed by atoms with van der Waals surface area (Å²) < 4.78 is 42.6. The number of aromatic nitrogens is 6. The molecule has 0 N–H and O–H groups in total. The second kappa shape index (κ2) is 10.7. The van der Waals surface area contributed by atoms with Crippen molar-refractivity contribution < 1.29 is 18.3 Å². The van der Waals surface area contributed by atoms with E-state index in [-0.39, 0.29) is 24.5 Å². The van der Waals surface area contributed by atoms with Crippen molar-refractivity contribution in [3.63, 3.8) is 0 Å². The molecule has 3 heterocycles. The first-order chi connectivity index (χ1) is 19.9. The molecular formula is C30H33ClF2N6O2Si. The van der Waals surface area contributed by atoms with E-state index in [0.717, 1.165) is 22.4 Å². The van der Waals surface area contributed by atoms with E-state index in [1.807, 2.05) is 31.2 Å². The van der Waals surface area contributed by atoms with Gasteiger partial charge in [-0.1, -0.05) is 31.2 Å². The molecule has 42 heavy (non-hydrogen) atoms. The zero-order valence-corrected chi connectivity index (χ0v) is 26.0. The number of alkyl halides is 2. The lowest BCUT2D eigenvalue weighted by Gasteiger charge is -2.34. The Morgan fingerprint density at radius 1 is 1.10 bits per heavy atom. The Hall–Kier alpha value is -3.41. The lowest BCUT2D eigenvalue weighted by Crippen LogP contribution is -2.38. The van der Waals surface area contributed by atoms with Gasteiger partial charge in [-0.2, -0.15) is 5.10 Å². The van der Waals surface area contributed by atoms with Crippen molar-refractivity contribution in [2.45, 2.75) is 71.3 Å². The zero-order valence-electron chi connectivity index (χ0n) is 24.2. The second-order valence-electron chi connectivity index (χ2n) is 12.2. The summed E-state index contributed by atoms with van der Waals surface area (Å²) in [5.41, 5.74) is 4.42. The Kier molecular flexibility index (Phi) is 7.31. The lowest BCUT2D eigenvalue weighted by molar-refractivity contribution is -0.114. The lowest BCUT2D eigenvalue weighted by atomic mass is 9.81. The number of aryl methyl sites for hydroxylation is 1. The van der Waals surface area contributed by atoms with Gasteiger partial charge in [0.05, 0.1) is 42.7 Å². The molecule has 12 heteroatoms. The highest BCUT2D eigenvalue weighted by molar-refractivity contribution is 6.77. The number of fused-ring (bicyclic) bond motifs is 2. The minimum Gasteiger partial charge on any atom is -0.456 e. The number of hydrogen-bond donors (Lipinski definition) is 0. The van der Waals surface area contributed by atoms with Crippen molar-refractivity contribution in [2.75, 3.05) is 0 Å². The van der Waals surface area contributed by atoms with Crippen molar-refractivity contribution in [1.29, 1.82) is 0 Å². The van der Waals surface area contributed by atoms with Gasteiger partial charge in [-0.3, -0.25) is 9.67 Å². The van der Waals surface area contributed by atoms with Crippen LogP contribution >= 0.6 is 11.6 Å². The molecule has 1 saturated carbocycles. The van der Waals surface area contributed by atoms with Crippen LogP contribution in [0.3, 0.4) is 0 Å². The minimum absolute atomic E-state index is 0.0755. The fraction of sp³-hybridized carbons (Fsp3) is 0.400. The van der Waals surface area contributed by atoms with E-state index in [0.29, 0.717) is 46.5 Å². The molecule has 0 amide bonds. The van der Waals surface area contributed by atoms with E-state index in [1.165, 1.54) is 0 Å². The molecule has 3 aromatic heterocycles. The molecule has 2 aromatic carbocycles. The second-order valence-corrected chi connectivity index (χ2v) is 18.1. The van der Waals surface area contributed by atoms with Gasteiger partial charge in [0.1, 0.15) is 34.6 Å². The topological polar surface area (TPSA) is 79.9 Å². The number of ether oxygens (including phenoxy) is 2. The maximum Gasteiger partial charge on any atom is 0.248 e. The monoisotopic (exact) mass is 610 g/mol. The van der Waals surface area contributed by atoms with Gasteiger partial charge in [0, 0.05) is 42.9 Å². The first kappa shape index (κ1) is 28.7. The highest BCUT2D eigenvalue weighted by Gasteiger charge is 2.45. The highest BCUT2D eigenvalue weighted by atomic mass is 35.5. The largest absolute Gasteiger partial charge is 0.456 e. The Balaban J connectivity index is 1.21. The summed E-state index contributed by atoms with van der Waals surface area (Å²) in [6, 6.07) is 9.32. The van der Waals surface area contributed by atoms with E-state index in [4.69, 9.17) is 31.0 Å². The van der Waals surface area contributed by atoms with Crippen molar-refractivity contribution in [1.82, 2.24) is 29.3 Å². The molecule has 0 bridgehead atoms. The normalized spacial score (nSPS) is 16.2. The smallest absolute Gasteiger partial charge is 0.248 e. The predicted molar refractivity (Wildman–Crippen MR) is 162 cm³/mol. The van der Waals surface area contributed by atoms with Gasteiger partial charge in [0.25, 0.3) is 0 Å². The average Bonchev–Trinajstić information content (AvgIpc) is 3.50. The summed E-state index contributed by atoms with van der Waals surface area (Å²) in [4.78, 5) is 14.0. The quantitative estimate of drug-likeness (QED) is 0.158. The number of halogens is 3. The van der Waals surface area contributed by atoms with Crippen LogP contribution in [-0.2, 0) is 18.0 Å². The third-order valence-electron chi connectivity index (χ3n) is 7.98. The molecule has 1 unspecified atom stereocenters. The fourth-order valence-corrected chi connectivity index (χ4v) is 5.85. The number of benzene rings is 2. The maximum atomic E-state index is 13.2. The van der Waals surface area contributed by atoms with Gasteiger partial charge < -0.3 is 14.0 Å². The van der Waals surface area contributed by atoms with Crippen LogP contribution in [-0.4, -0.2) is 49.0 Å². The van der Waals surface area contributed by atoms with Crippen LogP contribution in [0.1, 0.15) is 25.6 Å². The number of hydrogen-bond acceptors (Lipinski definition) is 6. The summed E-state index contributed by atoms with van der Waals surface area (Å²) >= 11 is 6.78. The minimum atomic E-state index is -2.55. The van der Waals surface area contributed by atoms with E-state index in [2.05, 4.69) is 41.2 Å². The van der Waals surface area contributed by atoms with Crippen molar-refractivity contribution in [3.05, 3.63) is 59.8 Å². The van der Waals surface area contributed by atoms with Gasteiger partial charge in [-0.05, 0) is 44.0 Å². The Morgan fingerprint density at radius 2 is 1.88 bits per heavy atom. The molecule has 0 spiro atoms. The van der Waals surface area contributed by atoms with Crippen molar-refractivity contribution >= 4 is 41.7 Å². The maximum absolute atomic E-state index is 13.2. The standard InChI is InChI=1S/C30H33ClF2N6O2Si/c1-18-36-24-10-22(6-8-26(24)39(18)17-40-19(2)42(3,4)5)41-27-9-7-23-29(28(27)31)37-25(14-34-23)21-13-35-38(16-21)15-20-11-30(32,33)12-20/h6-10,13-14,16,19-20H,11-12,15,17H2,1-5H3. The number of imidazole rings is 1. The van der Waals surface area contributed by atoms with Crippen LogP contribution in [0.2, 0.25) is 24.7 Å². The third-order valence-corrected chi connectivity index (χ3v) is 10.9. The summed E-state index contributed by atoms with van der Waals surface area (Å²) in [6.45, 7) is 11.9. The molecule has 1 aliphatic carbocycles. The van der Waals surface area contributed by atoms with Crippen LogP contribution in [0.4, 0.5) is 8.78 Å².